The standard InChI is InChI=1S/C9H17IO/c1-8(2)11-9(7-10)5-3-4-6-9/h8H,3-7H2,1-2H3. The number of hydrogen-bond donors (Lipinski definition) is 0. The molecule has 0 radical (unpaired) electrons. The SMILES string of the molecule is CC(C)OC1(CI)CCCC1. The van der Waals surface area contributed by atoms with E-state index >= 15 is 0 Å². The largest absolute Gasteiger partial charge is 0.372 e. The van der Waals surface area contributed by atoms with Crippen molar-refractivity contribution in [2.45, 2.75) is 51.2 Å². The van der Waals surface area contributed by atoms with Crippen LogP contribution in [0.5, 0.6) is 0 Å². The van der Waals surface area contributed by atoms with Gasteiger partial charge in [0, 0.05) is 4.43 Å². The van der Waals surface area contributed by atoms with Gasteiger partial charge in [-0.3, -0.25) is 0 Å². The van der Waals surface area contributed by atoms with Gasteiger partial charge in [-0.15, -0.1) is 0 Å². The van der Waals surface area contributed by atoms with Crippen LogP contribution in [0.25, 0.3) is 0 Å². The van der Waals surface area contributed by atoms with Crippen molar-refractivity contribution in [1.29, 1.82) is 0 Å². The van der Waals surface area contributed by atoms with Gasteiger partial charge in [0.1, 0.15) is 0 Å². The van der Waals surface area contributed by atoms with E-state index in [0.29, 0.717) is 6.10 Å². The van der Waals surface area contributed by atoms with Crippen LogP contribution in [-0.4, -0.2) is 16.1 Å². The zero-order valence-electron chi connectivity index (χ0n) is 7.40. The predicted molar refractivity (Wildman–Crippen MR) is 56.3 cm³/mol. The molecule has 1 nitrogen and oxygen atoms in total. The summed E-state index contributed by atoms with van der Waals surface area (Å²) in [5, 5.41) is 0. The summed E-state index contributed by atoms with van der Waals surface area (Å²) in [7, 11) is 0. The monoisotopic (exact) mass is 268 g/mol. The maximum Gasteiger partial charge on any atom is 0.0775 e. The van der Waals surface area contributed by atoms with Crippen molar-refractivity contribution in [1.82, 2.24) is 0 Å². The minimum Gasteiger partial charge on any atom is -0.372 e. The van der Waals surface area contributed by atoms with Gasteiger partial charge in [-0.2, -0.15) is 0 Å². The molecule has 1 aliphatic rings. The molecule has 1 fully saturated rings. The summed E-state index contributed by atoms with van der Waals surface area (Å²) in [5.41, 5.74) is 0.245. The molecular formula is C9H17IO. The van der Waals surface area contributed by atoms with Crippen molar-refractivity contribution in [3.8, 4) is 0 Å². The second kappa shape index (κ2) is 4.08. The second-order valence-electron chi connectivity index (χ2n) is 3.69. The summed E-state index contributed by atoms with van der Waals surface area (Å²) < 4.78 is 7.10. The summed E-state index contributed by atoms with van der Waals surface area (Å²) >= 11 is 2.45. The van der Waals surface area contributed by atoms with Gasteiger partial charge in [0.15, 0.2) is 0 Å². The first-order valence-corrected chi connectivity index (χ1v) is 5.95. The molecule has 0 saturated heterocycles. The fourth-order valence-electron chi connectivity index (χ4n) is 1.80. The van der Waals surface area contributed by atoms with Gasteiger partial charge in [-0.05, 0) is 26.7 Å². The second-order valence-corrected chi connectivity index (χ2v) is 4.45. The van der Waals surface area contributed by atoms with E-state index < -0.39 is 0 Å². The number of alkyl halides is 1. The summed E-state index contributed by atoms with van der Waals surface area (Å²) in [6.07, 6.45) is 5.65. The minimum absolute atomic E-state index is 0.245. The Morgan fingerprint density at radius 3 is 2.27 bits per heavy atom. The Morgan fingerprint density at radius 2 is 1.91 bits per heavy atom. The van der Waals surface area contributed by atoms with Crippen LogP contribution >= 0.6 is 22.6 Å². The van der Waals surface area contributed by atoms with Crippen LogP contribution in [0.15, 0.2) is 0 Å². The molecule has 0 aromatic heterocycles. The smallest absolute Gasteiger partial charge is 0.0775 e. The summed E-state index contributed by atoms with van der Waals surface area (Å²) in [4.78, 5) is 0. The molecule has 66 valence electrons. The Bertz CT molecular complexity index is 117. The van der Waals surface area contributed by atoms with E-state index in [4.69, 9.17) is 4.74 Å². The Labute approximate surface area is 83.0 Å². The molecule has 0 N–H and O–H groups in total. The Kier molecular flexibility index (Phi) is 3.62. The fraction of sp³-hybridized carbons (Fsp3) is 1.00. The van der Waals surface area contributed by atoms with Gasteiger partial charge in [0.25, 0.3) is 0 Å². The molecule has 0 atom stereocenters. The van der Waals surface area contributed by atoms with Crippen molar-refractivity contribution < 1.29 is 4.74 Å². The first-order chi connectivity index (χ1) is 5.18. The van der Waals surface area contributed by atoms with Gasteiger partial charge in [0.2, 0.25) is 0 Å². The predicted octanol–water partition coefficient (Wildman–Crippen LogP) is 3.16. The zero-order valence-corrected chi connectivity index (χ0v) is 9.56. The summed E-state index contributed by atoms with van der Waals surface area (Å²) in [5.74, 6) is 0. The molecule has 0 spiro atoms. The molecule has 2 heteroatoms. The first-order valence-electron chi connectivity index (χ1n) is 4.42. The lowest BCUT2D eigenvalue weighted by Crippen LogP contribution is -2.33. The molecule has 0 aromatic carbocycles. The lowest BCUT2D eigenvalue weighted by Gasteiger charge is -2.29. The molecule has 0 unspecified atom stereocenters. The highest BCUT2D eigenvalue weighted by molar-refractivity contribution is 14.1. The van der Waals surface area contributed by atoms with E-state index in [1.54, 1.807) is 0 Å². The van der Waals surface area contributed by atoms with E-state index in [1.165, 1.54) is 25.7 Å². The molecule has 0 heterocycles. The number of hydrogen-bond acceptors (Lipinski definition) is 1. The van der Waals surface area contributed by atoms with E-state index in [2.05, 4.69) is 36.4 Å². The van der Waals surface area contributed by atoms with Crippen LogP contribution in [-0.2, 0) is 4.74 Å². The topological polar surface area (TPSA) is 9.23 Å². The molecule has 0 aliphatic heterocycles. The lowest BCUT2D eigenvalue weighted by molar-refractivity contribution is -0.0574. The Balaban J connectivity index is 2.45. The van der Waals surface area contributed by atoms with Crippen LogP contribution in [0.1, 0.15) is 39.5 Å². The van der Waals surface area contributed by atoms with Crippen molar-refractivity contribution >= 4 is 22.6 Å². The Morgan fingerprint density at radius 1 is 1.36 bits per heavy atom. The third-order valence-corrected chi connectivity index (χ3v) is 3.63. The van der Waals surface area contributed by atoms with Gasteiger partial charge >= 0.3 is 0 Å². The highest BCUT2D eigenvalue weighted by Gasteiger charge is 2.34. The molecule has 1 saturated carbocycles. The van der Waals surface area contributed by atoms with Crippen LogP contribution < -0.4 is 0 Å². The van der Waals surface area contributed by atoms with Crippen molar-refractivity contribution in [2.24, 2.45) is 0 Å². The first kappa shape index (κ1) is 9.78. The maximum absolute atomic E-state index is 5.94. The van der Waals surface area contributed by atoms with Crippen molar-refractivity contribution in [3.63, 3.8) is 0 Å². The highest BCUT2D eigenvalue weighted by atomic mass is 127. The van der Waals surface area contributed by atoms with E-state index in [9.17, 15) is 0 Å². The normalized spacial score (nSPS) is 22.9. The average molecular weight is 268 g/mol. The minimum atomic E-state index is 0.245. The van der Waals surface area contributed by atoms with E-state index in [-0.39, 0.29) is 5.60 Å². The van der Waals surface area contributed by atoms with Crippen LogP contribution in [0.4, 0.5) is 0 Å². The number of halogens is 1. The lowest BCUT2D eigenvalue weighted by atomic mass is 10.1. The number of ether oxygens (including phenoxy) is 1. The average Bonchev–Trinajstić information content (AvgIpc) is 2.36. The van der Waals surface area contributed by atoms with E-state index in [0.717, 1.165) is 4.43 Å². The van der Waals surface area contributed by atoms with Gasteiger partial charge in [-0.25, -0.2) is 0 Å². The van der Waals surface area contributed by atoms with E-state index in [1.807, 2.05) is 0 Å². The highest BCUT2D eigenvalue weighted by Crippen LogP contribution is 2.35. The molecule has 11 heavy (non-hydrogen) atoms. The molecular weight excluding hydrogens is 251 g/mol. The molecule has 1 aliphatic carbocycles. The van der Waals surface area contributed by atoms with Gasteiger partial charge < -0.3 is 4.74 Å². The molecule has 0 aromatic rings. The van der Waals surface area contributed by atoms with Crippen molar-refractivity contribution in [3.05, 3.63) is 0 Å². The van der Waals surface area contributed by atoms with Crippen LogP contribution in [0.3, 0.4) is 0 Å². The van der Waals surface area contributed by atoms with Crippen LogP contribution in [0.2, 0.25) is 0 Å². The summed E-state index contributed by atoms with van der Waals surface area (Å²) in [6.45, 7) is 4.26. The van der Waals surface area contributed by atoms with Gasteiger partial charge in [0.05, 0.1) is 11.7 Å². The fourth-order valence-corrected chi connectivity index (χ4v) is 2.74. The maximum atomic E-state index is 5.94. The molecule has 0 bridgehead atoms. The van der Waals surface area contributed by atoms with Crippen molar-refractivity contribution in [2.75, 3.05) is 4.43 Å². The quantitative estimate of drug-likeness (QED) is 0.564. The number of rotatable bonds is 3. The summed E-state index contributed by atoms with van der Waals surface area (Å²) in [6, 6.07) is 0. The third kappa shape index (κ3) is 2.58. The zero-order chi connectivity index (χ0) is 8.32. The van der Waals surface area contributed by atoms with Gasteiger partial charge in [-0.1, -0.05) is 35.4 Å². The molecule has 1 rings (SSSR count). The Hall–Kier alpha value is 0.690. The van der Waals surface area contributed by atoms with Crippen LogP contribution in [0, 0.1) is 0 Å². The molecule has 0 amide bonds. The third-order valence-electron chi connectivity index (χ3n) is 2.24.